The first-order chi connectivity index (χ1) is 7.45. The first kappa shape index (κ1) is 13.0. The summed E-state index contributed by atoms with van der Waals surface area (Å²) in [4.78, 5) is 1.98. The average molecular weight is 223 g/mol. The molecule has 1 rings (SSSR count). The van der Waals surface area contributed by atoms with E-state index in [1.54, 1.807) is 7.11 Å². The lowest BCUT2D eigenvalue weighted by Crippen LogP contribution is -2.21. The second kappa shape index (κ2) is 5.32. The Balaban J connectivity index is 3.04. The van der Waals surface area contributed by atoms with Crippen molar-refractivity contribution in [2.24, 2.45) is 0 Å². The van der Waals surface area contributed by atoms with Crippen molar-refractivity contribution in [3.8, 4) is 5.75 Å². The summed E-state index contributed by atoms with van der Waals surface area (Å²) in [5, 5.41) is 10.1. The van der Waals surface area contributed by atoms with Gasteiger partial charge >= 0.3 is 0 Å². The molecule has 0 aromatic heterocycles. The van der Waals surface area contributed by atoms with Crippen LogP contribution in [0.2, 0.25) is 0 Å². The summed E-state index contributed by atoms with van der Waals surface area (Å²) in [5.74, 6) is 0.843. The van der Waals surface area contributed by atoms with Gasteiger partial charge in [0.25, 0.3) is 0 Å². The summed E-state index contributed by atoms with van der Waals surface area (Å²) in [6.07, 6.45) is -0.444. The van der Waals surface area contributed by atoms with Crippen molar-refractivity contribution in [2.75, 3.05) is 27.7 Å². The van der Waals surface area contributed by atoms with Crippen LogP contribution >= 0.6 is 0 Å². The third kappa shape index (κ3) is 2.97. The highest BCUT2D eigenvalue weighted by molar-refractivity contribution is 5.42. The molecule has 1 unspecified atom stereocenters. The number of hydrogen-bond donors (Lipinski definition) is 1. The standard InChI is InChI=1S/C13H21NO2/c1-9-6-11(16-5)7-10(2)13(9)12(15)8-14(3)4/h6-7,12,15H,8H2,1-5H3. The zero-order valence-corrected chi connectivity index (χ0v) is 10.7. The minimum atomic E-state index is -0.444. The smallest absolute Gasteiger partial charge is 0.119 e. The molecule has 0 radical (unpaired) electrons. The maximum atomic E-state index is 10.1. The van der Waals surface area contributed by atoms with E-state index < -0.39 is 6.10 Å². The molecule has 0 amide bonds. The number of aliphatic hydroxyl groups excluding tert-OH is 1. The Kier molecular flexibility index (Phi) is 4.33. The molecule has 1 aromatic carbocycles. The summed E-state index contributed by atoms with van der Waals surface area (Å²) in [7, 11) is 5.57. The highest BCUT2D eigenvalue weighted by Crippen LogP contribution is 2.27. The Morgan fingerprint density at radius 1 is 1.25 bits per heavy atom. The van der Waals surface area contributed by atoms with E-state index >= 15 is 0 Å². The normalized spacial score (nSPS) is 12.9. The van der Waals surface area contributed by atoms with Gasteiger partial charge < -0.3 is 14.7 Å². The second-order valence-corrected chi connectivity index (χ2v) is 4.45. The molecular weight excluding hydrogens is 202 g/mol. The Bertz CT molecular complexity index is 338. The van der Waals surface area contributed by atoms with Crippen molar-refractivity contribution in [3.05, 3.63) is 28.8 Å². The zero-order chi connectivity index (χ0) is 12.3. The monoisotopic (exact) mass is 223 g/mol. The largest absolute Gasteiger partial charge is 0.497 e. The van der Waals surface area contributed by atoms with Crippen LogP contribution < -0.4 is 4.74 Å². The van der Waals surface area contributed by atoms with Crippen molar-refractivity contribution >= 4 is 0 Å². The van der Waals surface area contributed by atoms with Gasteiger partial charge in [0.2, 0.25) is 0 Å². The molecular formula is C13H21NO2. The topological polar surface area (TPSA) is 32.7 Å². The molecule has 0 heterocycles. The van der Waals surface area contributed by atoms with E-state index in [0.29, 0.717) is 6.54 Å². The quantitative estimate of drug-likeness (QED) is 0.846. The Hall–Kier alpha value is -1.06. The third-order valence-corrected chi connectivity index (χ3v) is 2.67. The molecule has 0 saturated heterocycles. The molecule has 0 fully saturated rings. The van der Waals surface area contributed by atoms with E-state index in [1.165, 1.54) is 0 Å². The molecule has 0 spiro atoms. The minimum absolute atomic E-state index is 0.444. The molecule has 0 aliphatic rings. The molecule has 0 aliphatic heterocycles. The number of nitrogens with zero attached hydrogens (tertiary/aromatic N) is 1. The first-order valence-electron chi connectivity index (χ1n) is 5.43. The lowest BCUT2D eigenvalue weighted by Gasteiger charge is -2.20. The number of ether oxygens (including phenoxy) is 1. The maximum absolute atomic E-state index is 10.1. The van der Waals surface area contributed by atoms with Crippen LogP contribution in [0.5, 0.6) is 5.75 Å². The summed E-state index contributed by atoms with van der Waals surface area (Å²) in [6, 6.07) is 3.92. The van der Waals surface area contributed by atoms with Gasteiger partial charge in [0.1, 0.15) is 5.75 Å². The van der Waals surface area contributed by atoms with Gasteiger partial charge in [-0.3, -0.25) is 0 Å². The zero-order valence-electron chi connectivity index (χ0n) is 10.7. The van der Waals surface area contributed by atoms with Crippen molar-refractivity contribution in [1.29, 1.82) is 0 Å². The van der Waals surface area contributed by atoms with Crippen LogP contribution in [0, 0.1) is 13.8 Å². The second-order valence-electron chi connectivity index (χ2n) is 4.45. The molecule has 0 aliphatic carbocycles. The predicted octanol–water partition coefficient (Wildman–Crippen LogP) is 1.91. The van der Waals surface area contributed by atoms with Crippen molar-refractivity contribution in [3.63, 3.8) is 0 Å². The van der Waals surface area contributed by atoms with Gasteiger partial charge in [-0.05, 0) is 56.8 Å². The minimum Gasteiger partial charge on any atom is -0.497 e. The van der Waals surface area contributed by atoms with Crippen LogP contribution in [-0.4, -0.2) is 37.8 Å². The van der Waals surface area contributed by atoms with Gasteiger partial charge in [-0.15, -0.1) is 0 Å². The van der Waals surface area contributed by atoms with Gasteiger partial charge in [-0.2, -0.15) is 0 Å². The number of aliphatic hydroxyl groups is 1. The van der Waals surface area contributed by atoms with E-state index in [0.717, 1.165) is 22.4 Å². The average Bonchev–Trinajstić information content (AvgIpc) is 2.15. The van der Waals surface area contributed by atoms with Gasteiger partial charge in [0.15, 0.2) is 0 Å². The molecule has 1 N–H and O–H groups in total. The number of benzene rings is 1. The number of methoxy groups -OCH3 is 1. The molecule has 0 bridgehead atoms. The lowest BCUT2D eigenvalue weighted by molar-refractivity contribution is 0.137. The Morgan fingerprint density at radius 2 is 1.75 bits per heavy atom. The van der Waals surface area contributed by atoms with Crippen LogP contribution in [0.1, 0.15) is 22.8 Å². The Labute approximate surface area is 97.7 Å². The number of likely N-dealkylation sites (N-methyl/N-ethyl adjacent to an activating group) is 1. The molecule has 1 aromatic rings. The number of rotatable bonds is 4. The molecule has 3 heteroatoms. The van der Waals surface area contributed by atoms with Gasteiger partial charge in [0, 0.05) is 6.54 Å². The summed E-state index contributed by atoms with van der Waals surface area (Å²) < 4.78 is 5.20. The Morgan fingerprint density at radius 3 is 2.12 bits per heavy atom. The fraction of sp³-hybridized carbons (Fsp3) is 0.538. The highest BCUT2D eigenvalue weighted by atomic mass is 16.5. The summed E-state index contributed by atoms with van der Waals surface area (Å²) >= 11 is 0. The van der Waals surface area contributed by atoms with Crippen molar-refractivity contribution in [1.82, 2.24) is 4.90 Å². The molecule has 3 nitrogen and oxygen atoms in total. The van der Waals surface area contributed by atoms with Crippen LogP contribution in [0.4, 0.5) is 0 Å². The fourth-order valence-corrected chi connectivity index (χ4v) is 2.02. The van der Waals surface area contributed by atoms with Gasteiger partial charge in [0.05, 0.1) is 13.2 Å². The summed E-state index contributed by atoms with van der Waals surface area (Å²) in [5.41, 5.74) is 3.16. The molecule has 1 atom stereocenters. The summed E-state index contributed by atoms with van der Waals surface area (Å²) in [6.45, 7) is 4.64. The van der Waals surface area contributed by atoms with E-state index in [1.807, 2.05) is 45.0 Å². The predicted molar refractivity (Wildman–Crippen MR) is 66.0 cm³/mol. The fourth-order valence-electron chi connectivity index (χ4n) is 2.02. The third-order valence-electron chi connectivity index (χ3n) is 2.67. The molecule has 16 heavy (non-hydrogen) atoms. The van der Waals surface area contributed by atoms with Crippen molar-refractivity contribution < 1.29 is 9.84 Å². The van der Waals surface area contributed by atoms with Crippen molar-refractivity contribution in [2.45, 2.75) is 20.0 Å². The number of aryl methyl sites for hydroxylation is 2. The SMILES string of the molecule is COc1cc(C)c(C(O)CN(C)C)c(C)c1. The first-order valence-corrected chi connectivity index (χ1v) is 5.43. The van der Waals surface area contributed by atoms with Gasteiger partial charge in [-0.25, -0.2) is 0 Å². The van der Waals surface area contributed by atoms with Crippen LogP contribution in [0.3, 0.4) is 0 Å². The molecule has 90 valence electrons. The van der Waals surface area contributed by atoms with Crippen LogP contribution in [0.15, 0.2) is 12.1 Å². The molecule has 0 saturated carbocycles. The van der Waals surface area contributed by atoms with Crippen LogP contribution in [-0.2, 0) is 0 Å². The lowest BCUT2D eigenvalue weighted by atomic mass is 9.97. The van der Waals surface area contributed by atoms with E-state index in [-0.39, 0.29) is 0 Å². The van der Waals surface area contributed by atoms with E-state index in [2.05, 4.69) is 0 Å². The van der Waals surface area contributed by atoms with E-state index in [4.69, 9.17) is 4.74 Å². The van der Waals surface area contributed by atoms with E-state index in [9.17, 15) is 5.11 Å². The highest BCUT2D eigenvalue weighted by Gasteiger charge is 2.15. The maximum Gasteiger partial charge on any atom is 0.119 e. The van der Waals surface area contributed by atoms with Gasteiger partial charge in [-0.1, -0.05) is 0 Å². The number of hydrogen-bond acceptors (Lipinski definition) is 3. The van der Waals surface area contributed by atoms with Crippen LogP contribution in [0.25, 0.3) is 0 Å².